The number of benzene rings is 1. The summed E-state index contributed by atoms with van der Waals surface area (Å²) < 4.78 is 1.42. The predicted molar refractivity (Wildman–Crippen MR) is 107 cm³/mol. The molecule has 0 bridgehead atoms. The van der Waals surface area contributed by atoms with Gasteiger partial charge in [-0.1, -0.05) is 30.3 Å². The molecular formula is C21H26N4O3. The lowest BCUT2D eigenvalue weighted by molar-refractivity contribution is -0.127. The van der Waals surface area contributed by atoms with Crippen LogP contribution < -0.4 is 10.9 Å². The Bertz CT molecular complexity index is 894. The number of nitrogens with zero attached hydrogens (tertiary/aromatic N) is 3. The fourth-order valence-electron chi connectivity index (χ4n) is 3.47. The van der Waals surface area contributed by atoms with E-state index in [0.717, 1.165) is 13.0 Å². The Labute approximate surface area is 164 Å². The average molecular weight is 382 g/mol. The number of hydrogen-bond acceptors (Lipinski definition) is 4. The van der Waals surface area contributed by atoms with Crippen molar-refractivity contribution in [2.75, 3.05) is 33.2 Å². The Morgan fingerprint density at radius 3 is 2.57 bits per heavy atom. The fraction of sp³-hybridized carbons (Fsp3) is 0.381. The highest BCUT2D eigenvalue weighted by Gasteiger charge is 2.34. The number of carbonyl (C=O) groups excluding carboxylic acids is 2. The van der Waals surface area contributed by atoms with Gasteiger partial charge < -0.3 is 14.8 Å². The maximum Gasteiger partial charge on any atom is 0.254 e. The Balaban J connectivity index is 1.70. The number of amides is 2. The van der Waals surface area contributed by atoms with Crippen molar-refractivity contribution in [1.29, 1.82) is 0 Å². The molecule has 0 aliphatic carbocycles. The molecule has 0 radical (unpaired) electrons. The number of rotatable bonds is 5. The molecule has 148 valence electrons. The number of aromatic nitrogens is 1. The van der Waals surface area contributed by atoms with Gasteiger partial charge in [-0.3, -0.25) is 19.3 Å². The third kappa shape index (κ3) is 4.48. The molecule has 1 aliphatic rings. The van der Waals surface area contributed by atoms with Crippen LogP contribution in [0, 0.1) is 0 Å². The number of aryl methyl sites for hydroxylation is 1. The van der Waals surface area contributed by atoms with Gasteiger partial charge in [0.15, 0.2) is 0 Å². The van der Waals surface area contributed by atoms with Gasteiger partial charge in [-0.15, -0.1) is 0 Å². The van der Waals surface area contributed by atoms with Crippen molar-refractivity contribution in [1.82, 2.24) is 19.7 Å². The Morgan fingerprint density at radius 1 is 1.14 bits per heavy atom. The lowest BCUT2D eigenvalue weighted by Crippen LogP contribution is -2.60. The van der Waals surface area contributed by atoms with Gasteiger partial charge in [-0.2, -0.15) is 0 Å². The summed E-state index contributed by atoms with van der Waals surface area (Å²) in [4.78, 5) is 40.9. The van der Waals surface area contributed by atoms with Crippen LogP contribution in [0.1, 0.15) is 15.9 Å². The maximum absolute atomic E-state index is 12.8. The van der Waals surface area contributed by atoms with Crippen LogP contribution in [0.5, 0.6) is 0 Å². The van der Waals surface area contributed by atoms with Crippen LogP contribution in [-0.4, -0.2) is 65.4 Å². The van der Waals surface area contributed by atoms with Gasteiger partial charge in [0.2, 0.25) is 5.91 Å². The Hall–Kier alpha value is -2.93. The summed E-state index contributed by atoms with van der Waals surface area (Å²) in [5, 5.41) is 2.71. The van der Waals surface area contributed by atoms with Crippen molar-refractivity contribution in [3.63, 3.8) is 0 Å². The van der Waals surface area contributed by atoms with E-state index in [9.17, 15) is 14.4 Å². The van der Waals surface area contributed by atoms with Crippen LogP contribution in [0.3, 0.4) is 0 Å². The van der Waals surface area contributed by atoms with Crippen molar-refractivity contribution < 1.29 is 9.59 Å². The molecule has 7 heteroatoms. The van der Waals surface area contributed by atoms with Crippen LogP contribution in [0.2, 0.25) is 0 Å². The molecule has 1 aromatic carbocycles. The molecule has 3 rings (SSSR count). The molecule has 1 saturated heterocycles. The second-order valence-electron chi connectivity index (χ2n) is 7.02. The minimum Gasteiger partial charge on any atom is -0.358 e. The Morgan fingerprint density at radius 2 is 1.89 bits per heavy atom. The molecule has 1 atom stereocenters. The number of pyridine rings is 1. The van der Waals surface area contributed by atoms with Gasteiger partial charge in [0.1, 0.15) is 6.04 Å². The molecular weight excluding hydrogens is 356 g/mol. The van der Waals surface area contributed by atoms with Gasteiger partial charge in [0, 0.05) is 58.1 Å². The third-order valence-electron chi connectivity index (χ3n) is 5.21. The van der Waals surface area contributed by atoms with Gasteiger partial charge >= 0.3 is 0 Å². The first kappa shape index (κ1) is 19.8. The third-order valence-corrected chi connectivity index (χ3v) is 5.21. The van der Waals surface area contributed by atoms with Crippen molar-refractivity contribution in [3.8, 4) is 0 Å². The monoisotopic (exact) mass is 382 g/mol. The van der Waals surface area contributed by atoms with Crippen LogP contribution in [0.15, 0.2) is 53.5 Å². The number of carbonyl (C=O) groups is 2. The molecule has 2 amide bonds. The largest absolute Gasteiger partial charge is 0.358 e. The van der Waals surface area contributed by atoms with E-state index < -0.39 is 6.04 Å². The van der Waals surface area contributed by atoms with Crippen molar-refractivity contribution in [2.24, 2.45) is 7.05 Å². The van der Waals surface area contributed by atoms with Crippen LogP contribution in [-0.2, 0) is 18.3 Å². The highest BCUT2D eigenvalue weighted by molar-refractivity contribution is 5.94. The molecule has 2 aromatic rings. The smallest absolute Gasteiger partial charge is 0.254 e. The second kappa shape index (κ2) is 8.84. The first-order chi connectivity index (χ1) is 13.5. The zero-order chi connectivity index (χ0) is 20.1. The quantitative estimate of drug-likeness (QED) is 0.817. The van der Waals surface area contributed by atoms with E-state index in [1.165, 1.54) is 16.2 Å². The number of likely N-dealkylation sites (N-methyl/N-ethyl adjacent to an activating group) is 1. The van der Waals surface area contributed by atoms with Crippen LogP contribution in [0.25, 0.3) is 0 Å². The highest BCUT2D eigenvalue weighted by atomic mass is 16.2. The first-order valence-corrected chi connectivity index (χ1v) is 9.45. The number of nitrogens with one attached hydrogen (secondary N) is 1. The molecule has 1 aliphatic heterocycles. The van der Waals surface area contributed by atoms with Crippen LogP contribution in [0.4, 0.5) is 0 Å². The summed E-state index contributed by atoms with van der Waals surface area (Å²) in [5.74, 6) is -0.316. The normalized spacial score (nSPS) is 17.4. The standard InChI is InChI=1S/C21H26N4O3/c1-22-20(27)18-15-25(21(28)17-9-10-23(2)19(26)14-17)13-12-24(18)11-8-16-6-4-3-5-7-16/h3-7,9-10,14,18H,8,11-13,15H2,1-2H3,(H,22,27). The fourth-order valence-corrected chi connectivity index (χ4v) is 3.47. The molecule has 1 N–H and O–H groups in total. The van der Waals surface area contributed by atoms with E-state index in [4.69, 9.17) is 0 Å². The highest BCUT2D eigenvalue weighted by Crippen LogP contribution is 2.14. The lowest BCUT2D eigenvalue weighted by Gasteiger charge is -2.40. The molecule has 1 unspecified atom stereocenters. The van der Waals surface area contributed by atoms with Crippen LogP contribution >= 0.6 is 0 Å². The van der Waals surface area contributed by atoms with Gasteiger partial charge in [0.05, 0.1) is 0 Å². The van der Waals surface area contributed by atoms with Gasteiger partial charge in [-0.05, 0) is 18.1 Å². The summed E-state index contributed by atoms with van der Waals surface area (Å²) in [5.41, 5.74) is 1.35. The summed E-state index contributed by atoms with van der Waals surface area (Å²) >= 11 is 0. The zero-order valence-corrected chi connectivity index (χ0v) is 16.3. The topological polar surface area (TPSA) is 74.6 Å². The molecule has 1 aromatic heterocycles. The summed E-state index contributed by atoms with van der Waals surface area (Å²) in [6, 6.07) is 12.7. The van der Waals surface area contributed by atoms with E-state index in [0.29, 0.717) is 25.2 Å². The van der Waals surface area contributed by atoms with Crippen molar-refractivity contribution >= 4 is 11.8 Å². The zero-order valence-electron chi connectivity index (χ0n) is 16.3. The summed E-state index contributed by atoms with van der Waals surface area (Å²) in [6.07, 6.45) is 2.43. The Kier molecular flexibility index (Phi) is 6.26. The van der Waals surface area contributed by atoms with Gasteiger partial charge in [0.25, 0.3) is 11.5 Å². The van der Waals surface area contributed by atoms with Crippen molar-refractivity contribution in [3.05, 3.63) is 70.1 Å². The first-order valence-electron chi connectivity index (χ1n) is 9.45. The molecule has 2 heterocycles. The maximum atomic E-state index is 12.8. The molecule has 28 heavy (non-hydrogen) atoms. The lowest BCUT2D eigenvalue weighted by atomic mass is 10.1. The van der Waals surface area contributed by atoms with E-state index >= 15 is 0 Å². The van der Waals surface area contributed by atoms with E-state index in [2.05, 4.69) is 22.3 Å². The summed E-state index contributed by atoms with van der Waals surface area (Å²) in [6.45, 7) is 2.19. The minimum atomic E-state index is -0.405. The minimum absolute atomic E-state index is 0.102. The SMILES string of the molecule is CNC(=O)C1CN(C(=O)c2ccn(C)c(=O)c2)CCN1CCc1ccccc1. The second-order valence-corrected chi connectivity index (χ2v) is 7.02. The number of piperazine rings is 1. The van der Waals surface area contributed by atoms with E-state index in [-0.39, 0.29) is 17.4 Å². The van der Waals surface area contributed by atoms with E-state index in [1.807, 2.05) is 18.2 Å². The molecule has 0 spiro atoms. The average Bonchev–Trinajstić information content (AvgIpc) is 2.73. The number of hydrogen-bond donors (Lipinski definition) is 1. The van der Waals surface area contributed by atoms with Gasteiger partial charge in [-0.25, -0.2) is 0 Å². The molecule has 1 fully saturated rings. The summed E-state index contributed by atoms with van der Waals surface area (Å²) in [7, 11) is 3.25. The molecule has 7 nitrogen and oxygen atoms in total. The molecule has 0 saturated carbocycles. The van der Waals surface area contributed by atoms with Crippen molar-refractivity contribution in [2.45, 2.75) is 12.5 Å². The van der Waals surface area contributed by atoms with E-state index in [1.54, 1.807) is 31.3 Å². The predicted octanol–water partition coefficient (Wildman–Crippen LogP) is 0.500.